The molecule has 9 nitrogen and oxygen atoms in total. The van der Waals surface area contributed by atoms with Crippen LogP contribution in [0, 0.1) is 0 Å². The van der Waals surface area contributed by atoms with Crippen LogP contribution >= 0.6 is 11.8 Å². The SMILES string of the molecule is CS/C(=N/S(C)(=O)=O)NC[C@H](NC(=O)OC(C)(C)C)C(=O)O. The van der Waals surface area contributed by atoms with Crippen molar-refractivity contribution in [1.29, 1.82) is 0 Å². The Morgan fingerprint density at radius 2 is 1.91 bits per heavy atom. The minimum atomic E-state index is -3.61. The van der Waals surface area contributed by atoms with E-state index in [4.69, 9.17) is 9.84 Å². The molecule has 0 saturated heterocycles. The zero-order valence-electron chi connectivity index (χ0n) is 13.0. The van der Waals surface area contributed by atoms with Crippen molar-refractivity contribution < 1.29 is 27.9 Å². The first-order valence-corrected chi connectivity index (χ1v) is 9.21. The van der Waals surface area contributed by atoms with Crippen molar-refractivity contribution in [3.8, 4) is 0 Å². The summed E-state index contributed by atoms with van der Waals surface area (Å²) in [6, 6.07) is -1.30. The maximum absolute atomic E-state index is 11.6. The summed E-state index contributed by atoms with van der Waals surface area (Å²) in [5, 5.41) is 13.8. The second kappa shape index (κ2) is 8.22. The third-order valence-corrected chi connectivity index (χ3v) is 3.14. The predicted molar refractivity (Wildman–Crippen MR) is 84.6 cm³/mol. The molecule has 1 atom stereocenters. The molecule has 0 saturated carbocycles. The second-order valence-corrected chi connectivity index (χ2v) is 7.70. The average Bonchev–Trinajstić information content (AvgIpc) is 2.28. The van der Waals surface area contributed by atoms with Crippen LogP contribution in [0.4, 0.5) is 4.79 Å². The minimum absolute atomic E-state index is 0.0275. The number of amides is 1. The summed E-state index contributed by atoms with van der Waals surface area (Å²) in [6.45, 7) is 4.69. The highest BCUT2D eigenvalue weighted by Crippen LogP contribution is 2.07. The van der Waals surface area contributed by atoms with Gasteiger partial charge in [-0.05, 0) is 27.0 Å². The molecule has 0 rings (SSSR count). The Hall–Kier alpha value is -1.49. The molecule has 0 aromatic carbocycles. The summed E-state index contributed by atoms with van der Waals surface area (Å²) in [7, 11) is -3.61. The van der Waals surface area contributed by atoms with Gasteiger partial charge in [0.25, 0.3) is 10.0 Å². The molecule has 11 heteroatoms. The molecular formula is C11H21N3O6S2. The number of alkyl carbamates (subject to hydrolysis) is 1. The Morgan fingerprint density at radius 1 is 1.36 bits per heavy atom. The van der Waals surface area contributed by atoms with E-state index in [1.54, 1.807) is 27.0 Å². The molecule has 128 valence electrons. The fraction of sp³-hybridized carbons (Fsp3) is 0.727. The predicted octanol–water partition coefficient (Wildman–Crippen LogP) is 0.233. The summed E-state index contributed by atoms with van der Waals surface area (Å²) in [4.78, 5) is 22.7. The van der Waals surface area contributed by atoms with E-state index in [0.29, 0.717) is 0 Å². The molecule has 0 aliphatic carbocycles. The first-order valence-electron chi connectivity index (χ1n) is 6.14. The molecular weight excluding hydrogens is 334 g/mol. The number of ether oxygens (including phenoxy) is 1. The number of carboxylic acids is 1. The summed E-state index contributed by atoms with van der Waals surface area (Å²) in [6.07, 6.45) is 1.61. The number of hydrogen-bond acceptors (Lipinski definition) is 6. The number of carboxylic acid groups (broad SMARTS) is 1. The molecule has 1 amide bonds. The van der Waals surface area contributed by atoms with Gasteiger partial charge in [-0.15, -0.1) is 4.40 Å². The fourth-order valence-electron chi connectivity index (χ4n) is 1.13. The molecule has 0 spiro atoms. The number of nitrogens with zero attached hydrogens (tertiary/aromatic N) is 1. The van der Waals surface area contributed by atoms with Crippen molar-refractivity contribution in [3.63, 3.8) is 0 Å². The van der Waals surface area contributed by atoms with Crippen LogP contribution in [0.3, 0.4) is 0 Å². The first kappa shape index (κ1) is 20.5. The van der Waals surface area contributed by atoms with Crippen LogP contribution in [0.2, 0.25) is 0 Å². The van der Waals surface area contributed by atoms with E-state index < -0.39 is 33.7 Å². The lowest BCUT2D eigenvalue weighted by Gasteiger charge is -2.22. The van der Waals surface area contributed by atoms with Gasteiger partial charge in [-0.1, -0.05) is 11.8 Å². The Morgan fingerprint density at radius 3 is 2.27 bits per heavy atom. The number of rotatable bonds is 5. The van der Waals surface area contributed by atoms with Gasteiger partial charge in [0.15, 0.2) is 5.17 Å². The number of sulfonamides is 1. The molecule has 0 unspecified atom stereocenters. The largest absolute Gasteiger partial charge is 0.480 e. The van der Waals surface area contributed by atoms with Crippen molar-refractivity contribution in [2.24, 2.45) is 4.40 Å². The van der Waals surface area contributed by atoms with Crippen molar-refractivity contribution in [2.45, 2.75) is 32.4 Å². The third kappa shape index (κ3) is 10.3. The Bertz CT molecular complexity index is 539. The highest BCUT2D eigenvalue weighted by Gasteiger charge is 2.24. The van der Waals surface area contributed by atoms with Crippen LogP contribution < -0.4 is 10.6 Å². The van der Waals surface area contributed by atoms with Crippen LogP contribution in [0.25, 0.3) is 0 Å². The molecule has 3 N–H and O–H groups in total. The van der Waals surface area contributed by atoms with Crippen LogP contribution in [-0.2, 0) is 19.6 Å². The summed E-state index contributed by atoms with van der Waals surface area (Å²) in [5.74, 6) is -1.29. The quantitative estimate of drug-likeness (QED) is 0.471. The summed E-state index contributed by atoms with van der Waals surface area (Å²) in [5.41, 5.74) is -0.761. The Kier molecular flexibility index (Phi) is 7.67. The number of aliphatic carboxylic acids is 1. The van der Waals surface area contributed by atoms with E-state index in [0.717, 1.165) is 18.0 Å². The van der Waals surface area contributed by atoms with Gasteiger partial charge >= 0.3 is 12.1 Å². The lowest BCUT2D eigenvalue weighted by molar-refractivity contribution is -0.139. The molecule has 22 heavy (non-hydrogen) atoms. The highest BCUT2D eigenvalue weighted by atomic mass is 32.2. The normalized spacial score (nSPS) is 14.1. The molecule has 0 radical (unpaired) electrons. The molecule has 0 aliphatic heterocycles. The number of amidine groups is 1. The van der Waals surface area contributed by atoms with Gasteiger partial charge in [-0.25, -0.2) is 18.0 Å². The summed E-state index contributed by atoms with van der Waals surface area (Å²) >= 11 is 1.00. The van der Waals surface area contributed by atoms with Gasteiger partial charge in [-0.2, -0.15) is 0 Å². The number of carbonyl (C=O) groups is 2. The Labute approximate surface area is 133 Å². The fourth-order valence-corrected chi connectivity index (χ4v) is 2.43. The van der Waals surface area contributed by atoms with E-state index in [9.17, 15) is 18.0 Å². The average molecular weight is 355 g/mol. The topological polar surface area (TPSA) is 134 Å². The number of nitrogens with one attached hydrogen (secondary N) is 2. The molecule has 0 aliphatic rings. The molecule has 0 fully saturated rings. The molecule has 0 heterocycles. The Balaban J connectivity index is 4.77. The van der Waals surface area contributed by atoms with E-state index in [1.807, 2.05) is 0 Å². The first-order chi connectivity index (χ1) is 9.84. The monoisotopic (exact) mass is 355 g/mol. The van der Waals surface area contributed by atoms with Gasteiger partial charge < -0.3 is 20.5 Å². The van der Waals surface area contributed by atoms with Crippen molar-refractivity contribution >= 4 is 39.0 Å². The second-order valence-electron chi connectivity index (χ2n) is 5.25. The third-order valence-electron chi connectivity index (χ3n) is 1.89. The number of carbonyl (C=O) groups excluding carboxylic acids is 1. The zero-order valence-corrected chi connectivity index (χ0v) is 14.7. The van der Waals surface area contributed by atoms with Crippen LogP contribution in [0.15, 0.2) is 4.40 Å². The maximum Gasteiger partial charge on any atom is 0.408 e. The smallest absolute Gasteiger partial charge is 0.408 e. The minimum Gasteiger partial charge on any atom is -0.480 e. The number of hydrogen-bond donors (Lipinski definition) is 3. The lowest BCUT2D eigenvalue weighted by atomic mass is 10.2. The van der Waals surface area contributed by atoms with E-state index in [1.165, 1.54) is 0 Å². The molecule has 0 aromatic heterocycles. The van der Waals surface area contributed by atoms with Crippen LogP contribution in [-0.4, -0.2) is 61.5 Å². The number of thioether (sulfide) groups is 1. The van der Waals surface area contributed by atoms with Gasteiger partial charge in [0, 0.05) is 6.54 Å². The molecule has 0 aromatic rings. The van der Waals surface area contributed by atoms with E-state index >= 15 is 0 Å². The summed E-state index contributed by atoms with van der Waals surface area (Å²) < 4.78 is 30.5. The van der Waals surface area contributed by atoms with Crippen molar-refractivity contribution in [1.82, 2.24) is 10.6 Å². The van der Waals surface area contributed by atoms with Gasteiger partial charge in [0.1, 0.15) is 11.6 Å². The van der Waals surface area contributed by atoms with E-state index in [2.05, 4.69) is 15.0 Å². The van der Waals surface area contributed by atoms with Gasteiger partial charge in [0.05, 0.1) is 6.26 Å². The maximum atomic E-state index is 11.6. The van der Waals surface area contributed by atoms with Gasteiger partial charge in [-0.3, -0.25) is 0 Å². The zero-order chi connectivity index (χ0) is 17.6. The standard InChI is InChI=1S/C11H21N3O6S2/c1-11(2,3)20-10(17)13-7(8(15)16)6-12-9(21-4)14-22(5,18)19/h7H,6H2,1-5H3,(H,12,14)(H,13,17)(H,15,16)/t7-/m0/s1. The van der Waals surface area contributed by atoms with Crippen molar-refractivity contribution in [2.75, 3.05) is 19.1 Å². The van der Waals surface area contributed by atoms with E-state index in [-0.39, 0.29) is 11.7 Å². The van der Waals surface area contributed by atoms with Gasteiger partial charge in [0.2, 0.25) is 0 Å². The van der Waals surface area contributed by atoms with Crippen molar-refractivity contribution in [3.05, 3.63) is 0 Å². The lowest BCUT2D eigenvalue weighted by Crippen LogP contribution is -2.49. The highest BCUT2D eigenvalue weighted by molar-refractivity contribution is 8.13. The van der Waals surface area contributed by atoms with Crippen LogP contribution in [0.5, 0.6) is 0 Å². The van der Waals surface area contributed by atoms with Crippen LogP contribution in [0.1, 0.15) is 20.8 Å². The molecule has 0 bridgehead atoms.